The van der Waals surface area contributed by atoms with Crippen molar-refractivity contribution in [2.75, 3.05) is 5.73 Å². The number of nitrogen functional groups attached to an aromatic ring is 1. The largest absolute Gasteiger partial charge is 0.460 e. The summed E-state index contributed by atoms with van der Waals surface area (Å²) in [6.07, 6.45) is 1.32. The molecule has 0 radical (unpaired) electrons. The molecule has 31 heavy (non-hydrogen) atoms. The number of aromatic nitrogens is 5. The number of nitrogens with zero attached hydrogens (tertiary/aromatic N) is 7. The van der Waals surface area contributed by atoms with Gasteiger partial charge in [0.2, 0.25) is 11.6 Å². The van der Waals surface area contributed by atoms with Gasteiger partial charge >= 0.3 is 0 Å². The van der Waals surface area contributed by atoms with Gasteiger partial charge in [-0.1, -0.05) is 5.21 Å². The summed E-state index contributed by atoms with van der Waals surface area (Å²) in [5, 5.41) is 29.7. The number of furan rings is 1. The topological polar surface area (TPSA) is 193 Å². The standard InChI is InChI=1S/C17H13N9O5/c1-9-2-7-12(30-9)8-19-21-17(27)13-14(10-3-5-11(6-4-10)26(28)29)25(24-20-13)16-15(18)22-31-23-16/h2-8H,1H3,(H2,18,22)(H,21,27). The monoisotopic (exact) mass is 423 g/mol. The average molecular weight is 423 g/mol. The molecule has 0 aliphatic carbocycles. The quantitative estimate of drug-likeness (QED) is 0.260. The first kappa shape index (κ1) is 19.4. The number of nitrogens with two attached hydrogens (primary N) is 1. The van der Waals surface area contributed by atoms with Gasteiger partial charge in [0.15, 0.2) is 5.69 Å². The number of aryl methyl sites for hydroxylation is 1. The Morgan fingerprint density at radius 3 is 2.65 bits per heavy atom. The Hall–Kier alpha value is -4.88. The van der Waals surface area contributed by atoms with Crippen LogP contribution in [0.4, 0.5) is 11.5 Å². The summed E-state index contributed by atoms with van der Waals surface area (Å²) in [7, 11) is 0. The Balaban J connectivity index is 1.71. The van der Waals surface area contributed by atoms with Gasteiger partial charge in [-0.15, -0.1) is 5.10 Å². The minimum Gasteiger partial charge on any atom is -0.460 e. The average Bonchev–Trinajstić information content (AvgIpc) is 3.47. The van der Waals surface area contributed by atoms with Crippen LogP contribution in [0.5, 0.6) is 0 Å². The first-order chi connectivity index (χ1) is 14.9. The number of rotatable bonds is 6. The van der Waals surface area contributed by atoms with Crippen LogP contribution in [0.2, 0.25) is 0 Å². The van der Waals surface area contributed by atoms with Gasteiger partial charge in [-0.3, -0.25) is 14.9 Å². The first-order valence-electron chi connectivity index (χ1n) is 8.63. The summed E-state index contributed by atoms with van der Waals surface area (Å²) in [5.74, 6) is 0.336. The number of hydrogen-bond donors (Lipinski definition) is 2. The third-order valence-electron chi connectivity index (χ3n) is 4.05. The number of hydrogen-bond acceptors (Lipinski definition) is 11. The van der Waals surface area contributed by atoms with E-state index < -0.39 is 10.8 Å². The zero-order chi connectivity index (χ0) is 22.0. The van der Waals surface area contributed by atoms with Crippen LogP contribution in [0.15, 0.2) is 50.5 Å². The van der Waals surface area contributed by atoms with Crippen molar-refractivity contribution in [2.24, 2.45) is 5.10 Å². The molecule has 14 nitrogen and oxygen atoms in total. The molecular formula is C17H13N9O5. The number of nitro groups is 1. The van der Waals surface area contributed by atoms with Crippen molar-refractivity contribution < 1.29 is 18.8 Å². The highest BCUT2D eigenvalue weighted by atomic mass is 16.6. The summed E-state index contributed by atoms with van der Waals surface area (Å²) >= 11 is 0. The molecule has 1 aromatic carbocycles. The summed E-state index contributed by atoms with van der Waals surface area (Å²) in [6, 6.07) is 8.85. The highest BCUT2D eigenvalue weighted by molar-refractivity contribution is 5.98. The summed E-state index contributed by atoms with van der Waals surface area (Å²) < 4.78 is 11.1. The highest BCUT2D eigenvalue weighted by Crippen LogP contribution is 2.28. The Kier molecular flexibility index (Phi) is 4.93. The molecule has 0 saturated carbocycles. The summed E-state index contributed by atoms with van der Waals surface area (Å²) in [5.41, 5.74) is 8.33. The van der Waals surface area contributed by atoms with E-state index in [0.717, 1.165) is 4.68 Å². The minimum absolute atomic E-state index is 0.00513. The lowest BCUT2D eigenvalue weighted by atomic mass is 10.1. The molecule has 3 N–H and O–H groups in total. The van der Waals surface area contributed by atoms with Crippen LogP contribution in [0, 0.1) is 17.0 Å². The predicted octanol–water partition coefficient (Wildman–Crippen LogP) is 1.47. The Morgan fingerprint density at radius 1 is 1.26 bits per heavy atom. The van der Waals surface area contributed by atoms with Gasteiger partial charge in [0.05, 0.1) is 11.1 Å². The van der Waals surface area contributed by atoms with Crippen LogP contribution in [-0.4, -0.2) is 42.4 Å². The van der Waals surface area contributed by atoms with Crippen LogP contribution >= 0.6 is 0 Å². The van der Waals surface area contributed by atoms with Gasteiger partial charge in [0.25, 0.3) is 11.6 Å². The number of anilines is 1. The number of amides is 1. The predicted molar refractivity (Wildman–Crippen MR) is 104 cm³/mol. The minimum atomic E-state index is -0.700. The molecule has 0 unspecified atom stereocenters. The molecule has 0 fully saturated rings. The maximum atomic E-state index is 12.7. The van der Waals surface area contributed by atoms with Crippen molar-refractivity contribution in [1.82, 2.24) is 30.7 Å². The molecule has 0 spiro atoms. The molecule has 4 aromatic rings. The maximum absolute atomic E-state index is 12.7. The summed E-state index contributed by atoms with van der Waals surface area (Å²) in [6.45, 7) is 1.77. The third kappa shape index (κ3) is 3.84. The number of carbonyl (C=O) groups excluding carboxylic acids is 1. The number of carbonyl (C=O) groups is 1. The normalized spacial score (nSPS) is 11.1. The molecule has 1 amide bonds. The van der Waals surface area contributed by atoms with Gasteiger partial charge in [-0.25, -0.2) is 10.1 Å². The van der Waals surface area contributed by atoms with Gasteiger partial charge in [0.1, 0.15) is 17.2 Å². The van der Waals surface area contributed by atoms with Gasteiger partial charge in [-0.2, -0.15) is 9.78 Å². The molecule has 14 heteroatoms. The van der Waals surface area contributed by atoms with E-state index in [1.165, 1.54) is 30.5 Å². The zero-order valence-corrected chi connectivity index (χ0v) is 15.8. The van der Waals surface area contributed by atoms with Crippen LogP contribution < -0.4 is 11.2 Å². The smallest absolute Gasteiger partial charge is 0.294 e. The van der Waals surface area contributed by atoms with Crippen molar-refractivity contribution in [2.45, 2.75) is 6.92 Å². The highest BCUT2D eigenvalue weighted by Gasteiger charge is 2.25. The molecule has 0 atom stereocenters. The third-order valence-corrected chi connectivity index (χ3v) is 4.05. The van der Waals surface area contributed by atoms with Crippen molar-refractivity contribution in [3.05, 3.63) is 63.7 Å². The second-order valence-electron chi connectivity index (χ2n) is 6.12. The lowest BCUT2D eigenvalue weighted by molar-refractivity contribution is -0.384. The Labute approximate surface area is 172 Å². The van der Waals surface area contributed by atoms with E-state index in [9.17, 15) is 14.9 Å². The first-order valence-corrected chi connectivity index (χ1v) is 8.63. The summed E-state index contributed by atoms with van der Waals surface area (Å²) in [4.78, 5) is 23.1. The van der Waals surface area contributed by atoms with Crippen molar-refractivity contribution >= 4 is 23.6 Å². The molecule has 156 valence electrons. The van der Waals surface area contributed by atoms with Crippen LogP contribution in [0.1, 0.15) is 22.0 Å². The van der Waals surface area contributed by atoms with Crippen molar-refractivity contribution in [1.29, 1.82) is 0 Å². The number of nitrogens with one attached hydrogen (secondary N) is 1. The van der Waals surface area contributed by atoms with E-state index in [1.54, 1.807) is 19.1 Å². The number of hydrazone groups is 1. The molecule has 0 aliphatic rings. The van der Waals surface area contributed by atoms with E-state index in [2.05, 4.69) is 35.8 Å². The van der Waals surface area contributed by atoms with E-state index in [0.29, 0.717) is 17.1 Å². The molecule has 0 aliphatic heterocycles. The van der Waals surface area contributed by atoms with Crippen LogP contribution in [-0.2, 0) is 0 Å². The molecular weight excluding hydrogens is 410 g/mol. The Morgan fingerprint density at radius 2 is 2.03 bits per heavy atom. The number of non-ortho nitro benzene ring substituents is 1. The maximum Gasteiger partial charge on any atom is 0.294 e. The fourth-order valence-corrected chi connectivity index (χ4v) is 2.65. The van der Waals surface area contributed by atoms with E-state index in [-0.39, 0.29) is 28.7 Å². The fourth-order valence-electron chi connectivity index (χ4n) is 2.65. The molecule has 4 rings (SSSR count). The lowest BCUT2D eigenvalue weighted by Crippen LogP contribution is -2.19. The lowest BCUT2D eigenvalue weighted by Gasteiger charge is -2.05. The van der Waals surface area contributed by atoms with Crippen molar-refractivity contribution in [3.63, 3.8) is 0 Å². The van der Waals surface area contributed by atoms with E-state index in [1.807, 2.05) is 0 Å². The van der Waals surface area contributed by atoms with Crippen molar-refractivity contribution in [3.8, 4) is 17.1 Å². The van der Waals surface area contributed by atoms with Crippen LogP contribution in [0.25, 0.3) is 17.1 Å². The van der Waals surface area contributed by atoms with E-state index >= 15 is 0 Å². The van der Waals surface area contributed by atoms with E-state index in [4.69, 9.17) is 10.2 Å². The van der Waals surface area contributed by atoms with Crippen LogP contribution in [0.3, 0.4) is 0 Å². The fraction of sp³-hybridized carbons (Fsp3) is 0.0588. The zero-order valence-electron chi connectivity index (χ0n) is 15.8. The molecule has 3 aromatic heterocycles. The molecule has 0 saturated heterocycles. The second kappa shape index (κ2) is 7.86. The molecule has 3 heterocycles. The SMILES string of the molecule is Cc1ccc(C=NNC(=O)c2nnn(-c3nonc3N)c2-c2ccc([N+](=O)[O-])cc2)o1. The number of benzene rings is 1. The van der Waals surface area contributed by atoms with Gasteiger partial charge in [-0.05, 0) is 41.5 Å². The van der Waals surface area contributed by atoms with Gasteiger partial charge in [0, 0.05) is 17.7 Å². The number of nitro benzene ring substituents is 1. The second-order valence-corrected chi connectivity index (χ2v) is 6.12. The Bertz CT molecular complexity index is 1290. The molecule has 0 bridgehead atoms. The van der Waals surface area contributed by atoms with Gasteiger partial charge < -0.3 is 10.2 Å².